The standard InChI is InChI=1S/C18H17BrN4O3/c1-3-6-23-15-13(17(25)22-18(23)26)8-11(9-20-15)16(24)21-12-4-5-14(19)10(2)7-12/h4-5,7-9H,3,6H2,1-2H3,(H,21,24)(H,22,25,26). The molecule has 2 heterocycles. The smallest absolute Gasteiger partial charge is 0.322 e. The number of carbonyl (C=O) groups excluding carboxylic acids is 1. The molecule has 0 spiro atoms. The van der Waals surface area contributed by atoms with Gasteiger partial charge in [-0.05, 0) is 43.2 Å². The fraction of sp³-hybridized carbons (Fsp3) is 0.222. The summed E-state index contributed by atoms with van der Waals surface area (Å²) < 4.78 is 2.35. The van der Waals surface area contributed by atoms with E-state index in [0.717, 1.165) is 10.0 Å². The number of aromatic amines is 1. The van der Waals surface area contributed by atoms with Gasteiger partial charge in [-0.1, -0.05) is 22.9 Å². The molecule has 0 unspecified atom stereocenters. The van der Waals surface area contributed by atoms with Crippen LogP contribution in [0.4, 0.5) is 5.69 Å². The third kappa shape index (κ3) is 3.45. The van der Waals surface area contributed by atoms with Crippen LogP contribution in [0.3, 0.4) is 0 Å². The van der Waals surface area contributed by atoms with Crippen LogP contribution in [0.15, 0.2) is 44.5 Å². The number of aromatic nitrogens is 3. The first-order valence-corrected chi connectivity index (χ1v) is 8.90. The molecule has 7 nitrogen and oxygen atoms in total. The van der Waals surface area contributed by atoms with Crippen LogP contribution in [0.5, 0.6) is 0 Å². The van der Waals surface area contributed by atoms with Gasteiger partial charge < -0.3 is 5.32 Å². The monoisotopic (exact) mass is 416 g/mol. The number of carbonyl (C=O) groups is 1. The van der Waals surface area contributed by atoms with Gasteiger partial charge in [-0.2, -0.15) is 0 Å². The molecule has 0 saturated heterocycles. The highest BCUT2D eigenvalue weighted by molar-refractivity contribution is 9.10. The van der Waals surface area contributed by atoms with Gasteiger partial charge in [0.05, 0.1) is 10.9 Å². The van der Waals surface area contributed by atoms with Crippen molar-refractivity contribution < 1.29 is 4.79 Å². The molecule has 2 aromatic heterocycles. The maximum absolute atomic E-state index is 12.5. The minimum atomic E-state index is -0.556. The Morgan fingerprint density at radius 1 is 1.31 bits per heavy atom. The second kappa shape index (κ2) is 7.25. The van der Waals surface area contributed by atoms with Gasteiger partial charge in [-0.25, -0.2) is 9.78 Å². The number of rotatable bonds is 4. The summed E-state index contributed by atoms with van der Waals surface area (Å²) in [5.74, 6) is -0.381. The molecule has 0 aliphatic heterocycles. The second-order valence-corrected chi connectivity index (χ2v) is 6.78. The number of amides is 1. The predicted molar refractivity (Wildman–Crippen MR) is 104 cm³/mol. The maximum atomic E-state index is 12.5. The van der Waals surface area contributed by atoms with E-state index in [-0.39, 0.29) is 22.5 Å². The van der Waals surface area contributed by atoms with E-state index in [1.165, 1.54) is 16.8 Å². The Hall–Kier alpha value is -2.74. The number of nitrogens with zero attached hydrogens (tertiary/aromatic N) is 2. The molecule has 2 N–H and O–H groups in total. The lowest BCUT2D eigenvalue weighted by Crippen LogP contribution is -2.31. The third-order valence-corrected chi connectivity index (χ3v) is 4.85. The predicted octanol–water partition coefficient (Wildman–Crippen LogP) is 2.82. The zero-order valence-electron chi connectivity index (χ0n) is 14.3. The number of hydrogen-bond donors (Lipinski definition) is 2. The van der Waals surface area contributed by atoms with E-state index in [0.29, 0.717) is 18.7 Å². The molecule has 26 heavy (non-hydrogen) atoms. The first-order valence-electron chi connectivity index (χ1n) is 8.11. The number of fused-ring (bicyclic) bond motifs is 1. The average Bonchev–Trinajstić information content (AvgIpc) is 2.61. The van der Waals surface area contributed by atoms with Gasteiger partial charge in [0.25, 0.3) is 11.5 Å². The van der Waals surface area contributed by atoms with Crippen LogP contribution in [-0.2, 0) is 6.54 Å². The molecule has 0 aliphatic carbocycles. The summed E-state index contributed by atoms with van der Waals surface area (Å²) in [4.78, 5) is 43.0. The van der Waals surface area contributed by atoms with E-state index >= 15 is 0 Å². The number of nitrogens with one attached hydrogen (secondary N) is 2. The summed E-state index contributed by atoms with van der Waals surface area (Å²) >= 11 is 3.41. The number of pyridine rings is 1. The number of aryl methyl sites for hydroxylation is 2. The van der Waals surface area contributed by atoms with Crippen molar-refractivity contribution >= 4 is 38.6 Å². The number of anilines is 1. The van der Waals surface area contributed by atoms with Gasteiger partial charge in [0, 0.05) is 22.9 Å². The largest absolute Gasteiger partial charge is 0.329 e. The van der Waals surface area contributed by atoms with Crippen molar-refractivity contribution in [1.82, 2.24) is 14.5 Å². The Morgan fingerprint density at radius 3 is 2.77 bits per heavy atom. The SMILES string of the molecule is CCCn1c(=O)[nH]c(=O)c2cc(C(=O)Nc3ccc(Br)c(C)c3)cnc21. The van der Waals surface area contributed by atoms with Crippen molar-refractivity contribution in [2.45, 2.75) is 26.8 Å². The summed E-state index contributed by atoms with van der Waals surface area (Å²) in [5.41, 5.74) is 1.08. The van der Waals surface area contributed by atoms with Crippen LogP contribution in [0, 0.1) is 6.92 Å². The third-order valence-electron chi connectivity index (χ3n) is 3.96. The summed E-state index contributed by atoms with van der Waals surface area (Å²) in [7, 11) is 0. The molecule has 0 radical (unpaired) electrons. The maximum Gasteiger partial charge on any atom is 0.329 e. The number of benzene rings is 1. The van der Waals surface area contributed by atoms with Crippen molar-refractivity contribution in [2.75, 3.05) is 5.32 Å². The normalized spacial score (nSPS) is 10.9. The van der Waals surface area contributed by atoms with Crippen molar-refractivity contribution in [2.24, 2.45) is 0 Å². The van der Waals surface area contributed by atoms with E-state index in [1.54, 1.807) is 6.07 Å². The van der Waals surface area contributed by atoms with Crippen LogP contribution in [0.2, 0.25) is 0 Å². The van der Waals surface area contributed by atoms with Gasteiger partial charge >= 0.3 is 5.69 Å². The molecule has 0 bridgehead atoms. The molecule has 0 fully saturated rings. The van der Waals surface area contributed by atoms with Crippen molar-refractivity contribution in [1.29, 1.82) is 0 Å². The molecule has 0 aliphatic rings. The molecule has 134 valence electrons. The van der Waals surface area contributed by atoms with Crippen LogP contribution in [0.25, 0.3) is 11.0 Å². The van der Waals surface area contributed by atoms with Crippen LogP contribution in [-0.4, -0.2) is 20.4 Å². The van der Waals surface area contributed by atoms with E-state index in [1.807, 2.05) is 26.0 Å². The lowest BCUT2D eigenvalue weighted by molar-refractivity contribution is 0.102. The Morgan fingerprint density at radius 2 is 2.08 bits per heavy atom. The highest BCUT2D eigenvalue weighted by atomic mass is 79.9. The molecule has 3 aromatic rings. The lowest BCUT2D eigenvalue weighted by atomic mass is 10.2. The number of H-pyrrole nitrogens is 1. The van der Waals surface area contributed by atoms with Gasteiger partial charge in [0.15, 0.2) is 0 Å². The summed E-state index contributed by atoms with van der Waals surface area (Å²) in [6.45, 7) is 4.28. The molecule has 1 aromatic carbocycles. The summed E-state index contributed by atoms with van der Waals surface area (Å²) in [5, 5.41) is 2.99. The molecule has 0 atom stereocenters. The Labute approximate surface area is 157 Å². The van der Waals surface area contributed by atoms with Crippen molar-refractivity contribution in [3.05, 3.63) is 66.9 Å². The Kier molecular flexibility index (Phi) is 5.03. The lowest BCUT2D eigenvalue weighted by Gasteiger charge is -2.09. The number of hydrogen-bond acceptors (Lipinski definition) is 4. The van der Waals surface area contributed by atoms with E-state index < -0.39 is 11.2 Å². The Balaban J connectivity index is 2.00. The first-order chi connectivity index (χ1) is 12.4. The molecular weight excluding hydrogens is 400 g/mol. The Bertz CT molecular complexity index is 1120. The molecule has 0 saturated carbocycles. The van der Waals surface area contributed by atoms with Crippen molar-refractivity contribution in [3.63, 3.8) is 0 Å². The van der Waals surface area contributed by atoms with Gasteiger partial charge in [0.2, 0.25) is 0 Å². The second-order valence-electron chi connectivity index (χ2n) is 5.92. The quantitative estimate of drug-likeness (QED) is 0.682. The fourth-order valence-electron chi connectivity index (χ4n) is 2.65. The first kappa shape index (κ1) is 18.1. The van der Waals surface area contributed by atoms with E-state index in [9.17, 15) is 14.4 Å². The summed E-state index contributed by atoms with van der Waals surface area (Å²) in [6.07, 6.45) is 2.09. The highest BCUT2D eigenvalue weighted by Crippen LogP contribution is 2.20. The van der Waals surface area contributed by atoms with Gasteiger partial charge in [0.1, 0.15) is 5.65 Å². The molecular formula is C18H17BrN4O3. The van der Waals surface area contributed by atoms with Crippen LogP contribution in [0.1, 0.15) is 29.3 Å². The van der Waals surface area contributed by atoms with Crippen molar-refractivity contribution in [3.8, 4) is 0 Å². The topological polar surface area (TPSA) is 96.9 Å². The van der Waals surface area contributed by atoms with E-state index in [4.69, 9.17) is 0 Å². The average molecular weight is 417 g/mol. The highest BCUT2D eigenvalue weighted by Gasteiger charge is 2.13. The molecule has 8 heteroatoms. The summed E-state index contributed by atoms with van der Waals surface area (Å²) in [6, 6.07) is 6.91. The fourth-order valence-corrected chi connectivity index (χ4v) is 2.90. The zero-order valence-corrected chi connectivity index (χ0v) is 15.9. The zero-order chi connectivity index (χ0) is 18.8. The minimum Gasteiger partial charge on any atom is -0.322 e. The number of halogens is 1. The van der Waals surface area contributed by atoms with Crippen LogP contribution < -0.4 is 16.6 Å². The minimum absolute atomic E-state index is 0.206. The van der Waals surface area contributed by atoms with E-state index in [2.05, 4.69) is 31.2 Å². The van der Waals surface area contributed by atoms with Gasteiger partial charge in [-0.15, -0.1) is 0 Å². The van der Waals surface area contributed by atoms with Crippen LogP contribution >= 0.6 is 15.9 Å². The molecule has 3 rings (SSSR count). The van der Waals surface area contributed by atoms with Gasteiger partial charge in [-0.3, -0.25) is 19.1 Å². The molecule has 1 amide bonds.